The maximum atomic E-state index is 12.0. The average molecular weight is 274 g/mol. The molecule has 0 radical (unpaired) electrons. The Morgan fingerprint density at radius 2 is 1.95 bits per heavy atom. The zero-order valence-electron chi connectivity index (χ0n) is 11.1. The Morgan fingerprint density at radius 1 is 1.25 bits per heavy atom. The van der Waals surface area contributed by atoms with Gasteiger partial charge in [0.05, 0.1) is 6.21 Å². The third kappa shape index (κ3) is 2.48. The zero-order chi connectivity index (χ0) is 14.1. The number of nitrogens with one attached hydrogen (secondary N) is 1. The van der Waals surface area contributed by atoms with E-state index in [0.29, 0.717) is 17.4 Å². The van der Waals surface area contributed by atoms with Crippen LogP contribution >= 0.6 is 0 Å². The summed E-state index contributed by atoms with van der Waals surface area (Å²) in [5, 5.41) is 22.6. The Balaban J connectivity index is 1.56. The molecule has 1 aromatic rings. The number of rotatable bonds is 3. The van der Waals surface area contributed by atoms with Gasteiger partial charge in [0.25, 0.3) is 0 Å². The molecule has 2 aliphatic rings. The van der Waals surface area contributed by atoms with Crippen molar-refractivity contribution in [2.24, 2.45) is 22.9 Å². The number of phenols is 2. The van der Waals surface area contributed by atoms with Gasteiger partial charge in [0.1, 0.15) is 11.5 Å². The van der Waals surface area contributed by atoms with E-state index in [0.717, 1.165) is 12.8 Å². The summed E-state index contributed by atoms with van der Waals surface area (Å²) in [4.78, 5) is 12.0. The first-order valence-corrected chi connectivity index (χ1v) is 7.02. The van der Waals surface area contributed by atoms with Gasteiger partial charge in [-0.1, -0.05) is 12.8 Å². The summed E-state index contributed by atoms with van der Waals surface area (Å²) in [5.41, 5.74) is 3.00. The molecule has 3 rings (SSSR count). The van der Waals surface area contributed by atoms with Crippen molar-refractivity contribution in [2.45, 2.75) is 25.7 Å². The molecular formula is C15H18N2O3. The maximum Gasteiger partial charge on any atom is 0.243 e. The van der Waals surface area contributed by atoms with Gasteiger partial charge < -0.3 is 10.2 Å². The summed E-state index contributed by atoms with van der Waals surface area (Å²) < 4.78 is 0. The molecule has 3 N–H and O–H groups in total. The van der Waals surface area contributed by atoms with Crippen LogP contribution in [-0.4, -0.2) is 22.3 Å². The summed E-state index contributed by atoms with van der Waals surface area (Å²) in [6, 6.07) is 4.23. The van der Waals surface area contributed by atoms with E-state index in [1.54, 1.807) is 0 Å². The highest BCUT2D eigenvalue weighted by Gasteiger charge is 2.54. The molecule has 1 amide bonds. The lowest BCUT2D eigenvalue weighted by atomic mass is 10.0. The number of hydrogen-bond acceptors (Lipinski definition) is 4. The molecule has 0 aromatic heterocycles. The molecule has 1 unspecified atom stereocenters. The van der Waals surface area contributed by atoms with Crippen LogP contribution < -0.4 is 5.43 Å². The molecule has 0 saturated heterocycles. The SMILES string of the molecule is O=C(N/N=C/c1ccc(O)cc1O)C1[C@H]2CCCC[C@@H]12. The monoisotopic (exact) mass is 274 g/mol. The standard InChI is InChI=1S/C15H18N2O3/c18-10-6-5-9(13(19)7-10)8-16-17-15(20)14-11-3-1-2-4-12(11)14/h5-8,11-12,14,18-19H,1-4H2,(H,17,20)/b16-8+/t11-,12+,14?. The molecule has 20 heavy (non-hydrogen) atoms. The van der Waals surface area contributed by atoms with Crippen molar-refractivity contribution >= 4 is 12.1 Å². The van der Waals surface area contributed by atoms with Crippen LogP contribution in [0, 0.1) is 17.8 Å². The van der Waals surface area contributed by atoms with Gasteiger partial charge in [0.15, 0.2) is 0 Å². The maximum absolute atomic E-state index is 12.0. The fourth-order valence-corrected chi connectivity index (χ4v) is 3.26. The van der Waals surface area contributed by atoms with Crippen molar-refractivity contribution in [1.82, 2.24) is 5.43 Å². The highest BCUT2D eigenvalue weighted by Crippen LogP contribution is 2.55. The Kier molecular flexibility index (Phi) is 3.34. The number of phenolic OH excluding ortho intramolecular Hbond substituents is 2. The lowest BCUT2D eigenvalue weighted by Crippen LogP contribution is -2.20. The Labute approximate surface area is 117 Å². The van der Waals surface area contributed by atoms with E-state index in [1.807, 2.05) is 0 Å². The largest absolute Gasteiger partial charge is 0.508 e. The van der Waals surface area contributed by atoms with Gasteiger partial charge in [-0.3, -0.25) is 4.79 Å². The summed E-state index contributed by atoms with van der Waals surface area (Å²) in [5.74, 6) is 1.15. The van der Waals surface area contributed by atoms with E-state index in [9.17, 15) is 15.0 Å². The van der Waals surface area contributed by atoms with Gasteiger partial charge in [-0.25, -0.2) is 5.43 Å². The second-order valence-electron chi connectivity index (χ2n) is 5.62. The molecule has 0 spiro atoms. The lowest BCUT2D eigenvalue weighted by Gasteiger charge is -2.04. The van der Waals surface area contributed by atoms with Crippen molar-refractivity contribution in [3.05, 3.63) is 23.8 Å². The van der Waals surface area contributed by atoms with Crippen molar-refractivity contribution in [1.29, 1.82) is 0 Å². The smallest absolute Gasteiger partial charge is 0.243 e. The molecule has 3 atom stereocenters. The van der Waals surface area contributed by atoms with Gasteiger partial charge in [-0.15, -0.1) is 0 Å². The molecule has 5 nitrogen and oxygen atoms in total. The Bertz CT molecular complexity index is 544. The highest BCUT2D eigenvalue weighted by molar-refractivity contribution is 5.87. The molecule has 5 heteroatoms. The van der Waals surface area contributed by atoms with Crippen LogP contribution in [0.3, 0.4) is 0 Å². The summed E-state index contributed by atoms with van der Waals surface area (Å²) in [7, 11) is 0. The molecule has 1 aromatic carbocycles. The predicted octanol–water partition coefficient (Wildman–Crippen LogP) is 1.98. The second kappa shape index (κ2) is 5.15. The molecular weight excluding hydrogens is 256 g/mol. The number of fused-ring (bicyclic) bond motifs is 1. The fraction of sp³-hybridized carbons (Fsp3) is 0.467. The Hall–Kier alpha value is -2.04. The summed E-state index contributed by atoms with van der Waals surface area (Å²) in [6.45, 7) is 0. The number of amides is 1. The van der Waals surface area contributed by atoms with E-state index >= 15 is 0 Å². The molecule has 106 valence electrons. The summed E-state index contributed by atoms with van der Waals surface area (Å²) >= 11 is 0. The van der Waals surface area contributed by atoms with Crippen molar-refractivity contribution in [3.63, 3.8) is 0 Å². The third-order valence-corrected chi connectivity index (χ3v) is 4.35. The molecule has 2 aliphatic carbocycles. The molecule has 2 fully saturated rings. The van der Waals surface area contributed by atoms with Gasteiger partial charge >= 0.3 is 0 Å². The van der Waals surface area contributed by atoms with Crippen LogP contribution in [-0.2, 0) is 4.79 Å². The molecule has 2 saturated carbocycles. The number of carbonyl (C=O) groups excluding carboxylic acids is 1. The van der Waals surface area contributed by atoms with Crippen LogP contribution in [0.25, 0.3) is 0 Å². The first-order chi connectivity index (χ1) is 9.66. The minimum atomic E-state index is -0.0666. The summed E-state index contributed by atoms with van der Waals surface area (Å²) in [6.07, 6.45) is 6.17. The number of nitrogens with zero attached hydrogens (tertiary/aromatic N) is 1. The molecule has 0 aliphatic heterocycles. The first kappa shape index (κ1) is 13.0. The zero-order valence-corrected chi connectivity index (χ0v) is 11.1. The highest BCUT2D eigenvalue weighted by atomic mass is 16.3. The Morgan fingerprint density at radius 3 is 2.60 bits per heavy atom. The minimum absolute atomic E-state index is 0.00857. The normalized spacial score (nSPS) is 28.1. The van der Waals surface area contributed by atoms with E-state index in [-0.39, 0.29) is 23.3 Å². The fourth-order valence-electron chi connectivity index (χ4n) is 3.26. The number of carbonyl (C=O) groups is 1. The van der Waals surface area contributed by atoms with Gasteiger partial charge in [-0.05, 0) is 36.8 Å². The van der Waals surface area contributed by atoms with E-state index < -0.39 is 0 Å². The van der Waals surface area contributed by atoms with Crippen LogP contribution in [0.1, 0.15) is 31.2 Å². The second-order valence-corrected chi connectivity index (χ2v) is 5.62. The first-order valence-electron chi connectivity index (χ1n) is 7.02. The third-order valence-electron chi connectivity index (χ3n) is 4.35. The van der Waals surface area contributed by atoms with Crippen LogP contribution in [0.2, 0.25) is 0 Å². The van der Waals surface area contributed by atoms with Gasteiger partial charge in [-0.2, -0.15) is 5.10 Å². The quantitative estimate of drug-likeness (QED) is 0.582. The minimum Gasteiger partial charge on any atom is -0.508 e. The van der Waals surface area contributed by atoms with Crippen LogP contribution in [0.15, 0.2) is 23.3 Å². The molecule has 0 bridgehead atoms. The van der Waals surface area contributed by atoms with Gasteiger partial charge in [0, 0.05) is 17.5 Å². The predicted molar refractivity (Wildman–Crippen MR) is 74.4 cm³/mol. The van der Waals surface area contributed by atoms with Crippen molar-refractivity contribution in [2.75, 3.05) is 0 Å². The number of hydrazone groups is 1. The number of aromatic hydroxyl groups is 2. The van der Waals surface area contributed by atoms with E-state index in [1.165, 1.54) is 37.3 Å². The molecule has 0 heterocycles. The number of hydrogen-bond donors (Lipinski definition) is 3. The average Bonchev–Trinajstić information content (AvgIpc) is 3.15. The van der Waals surface area contributed by atoms with Crippen LogP contribution in [0.4, 0.5) is 0 Å². The van der Waals surface area contributed by atoms with E-state index in [2.05, 4.69) is 10.5 Å². The van der Waals surface area contributed by atoms with E-state index in [4.69, 9.17) is 0 Å². The van der Waals surface area contributed by atoms with Crippen LogP contribution in [0.5, 0.6) is 11.5 Å². The van der Waals surface area contributed by atoms with Gasteiger partial charge in [0.2, 0.25) is 5.91 Å². The van der Waals surface area contributed by atoms with Crippen molar-refractivity contribution in [3.8, 4) is 11.5 Å². The topological polar surface area (TPSA) is 81.9 Å². The number of benzene rings is 1. The van der Waals surface area contributed by atoms with Crippen molar-refractivity contribution < 1.29 is 15.0 Å². The lowest BCUT2D eigenvalue weighted by molar-refractivity contribution is -0.122.